The molecule has 2 N–H and O–H groups in total. The van der Waals surface area contributed by atoms with E-state index in [2.05, 4.69) is 11.9 Å². The van der Waals surface area contributed by atoms with Crippen LogP contribution in [0.3, 0.4) is 0 Å². The van der Waals surface area contributed by atoms with Gasteiger partial charge in [0.05, 0.1) is 0 Å². The molecule has 0 aromatic heterocycles. The Kier molecular flexibility index (Phi) is 3.17. The molecule has 0 fully saturated rings. The number of amides is 1. The first-order valence-electron chi connectivity index (χ1n) is 2.70. The molecule has 0 aromatic carbocycles. The van der Waals surface area contributed by atoms with E-state index in [1.807, 2.05) is 0 Å². The topological polar surface area (TPSA) is 66.4 Å². The lowest BCUT2D eigenvalue weighted by atomic mass is 10.3. The van der Waals surface area contributed by atoms with Crippen LogP contribution in [0, 0.1) is 0 Å². The molecule has 1 amide bonds. The lowest BCUT2D eigenvalue weighted by Gasteiger charge is -2.05. The summed E-state index contributed by atoms with van der Waals surface area (Å²) in [6.07, 6.45) is 1.16. The molecule has 0 saturated carbocycles. The molecular weight excluding hydrogens is 134 g/mol. The zero-order valence-corrected chi connectivity index (χ0v) is 5.63. The Morgan fingerprint density at radius 2 is 2.20 bits per heavy atom. The van der Waals surface area contributed by atoms with E-state index in [0.29, 0.717) is 0 Å². The molecule has 0 radical (unpaired) electrons. The van der Waals surface area contributed by atoms with Gasteiger partial charge in [-0.3, -0.25) is 4.79 Å². The molecule has 0 bridgehead atoms. The van der Waals surface area contributed by atoms with Gasteiger partial charge in [-0.2, -0.15) is 0 Å². The fourth-order valence-corrected chi connectivity index (χ4v) is 0.440. The van der Waals surface area contributed by atoms with Crippen molar-refractivity contribution in [1.29, 1.82) is 0 Å². The predicted molar refractivity (Wildman–Crippen MR) is 35.4 cm³/mol. The lowest BCUT2D eigenvalue weighted by molar-refractivity contribution is -0.140. The van der Waals surface area contributed by atoms with E-state index in [0.717, 1.165) is 6.08 Å². The van der Waals surface area contributed by atoms with Crippen molar-refractivity contribution in [2.24, 2.45) is 0 Å². The van der Waals surface area contributed by atoms with Gasteiger partial charge in [-0.25, -0.2) is 4.79 Å². The van der Waals surface area contributed by atoms with Crippen molar-refractivity contribution in [3.05, 3.63) is 12.7 Å². The highest BCUT2D eigenvalue weighted by molar-refractivity contribution is 5.83. The van der Waals surface area contributed by atoms with Gasteiger partial charge in [-0.15, -0.1) is 6.58 Å². The minimum absolute atomic E-state index is 0.382. The molecule has 0 spiro atoms. The predicted octanol–water partition coefficient (Wildman–Crippen LogP) is -0.238. The summed E-state index contributed by atoms with van der Waals surface area (Å²) < 4.78 is 0. The van der Waals surface area contributed by atoms with E-state index in [1.165, 1.54) is 6.92 Å². The number of carbonyl (C=O) groups is 2. The second-order valence-electron chi connectivity index (χ2n) is 1.75. The van der Waals surface area contributed by atoms with Crippen LogP contribution in [0.2, 0.25) is 0 Å². The number of hydrogen-bond donors (Lipinski definition) is 2. The van der Waals surface area contributed by atoms with Gasteiger partial charge in [-0.1, -0.05) is 6.08 Å². The first-order valence-corrected chi connectivity index (χ1v) is 2.70. The third-order valence-corrected chi connectivity index (χ3v) is 0.861. The molecule has 0 saturated heterocycles. The minimum Gasteiger partial charge on any atom is -0.479 e. The van der Waals surface area contributed by atoms with Gasteiger partial charge >= 0.3 is 5.97 Å². The second kappa shape index (κ2) is 3.66. The molecule has 0 rings (SSSR count). The van der Waals surface area contributed by atoms with E-state index in [1.54, 1.807) is 0 Å². The van der Waals surface area contributed by atoms with Crippen LogP contribution in [0.15, 0.2) is 12.7 Å². The number of aliphatic carboxylic acids is 1. The number of carboxylic acid groups (broad SMARTS) is 1. The summed E-state index contributed by atoms with van der Waals surface area (Å²) in [6, 6.07) is -0.975. The second-order valence-corrected chi connectivity index (χ2v) is 1.75. The average molecular weight is 143 g/mol. The quantitative estimate of drug-likeness (QED) is 0.536. The molecule has 0 unspecified atom stereocenters. The Morgan fingerprint density at radius 1 is 1.70 bits per heavy atom. The van der Waals surface area contributed by atoms with Crippen molar-refractivity contribution in [2.45, 2.75) is 13.0 Å². The van der Waals surface area contributed by atoms with E-state index >= 15 is 0 Å². The third-order valence-electron chi connectivity index (χ3n) is 0.861. The lowest BCUT2D eigenvalue weighted by Crippen LogP contribution is -2.37. The molecule has 10 heavy (non-hydrogen) atoms. The van der Waals surface area contributed by atoms with E-state index < -0.39 is 12.0 Å². The summed E-state index contributed by atoms with van der Waals surface area (Å²) in [5, 5.41) is 10.5. The highest BCUT2D eigenvalue weighted by Gasteiger charge is 2.12. The number of hydrogen-bond acceptors (Lipinski definition) is 2. The largest absolute Gasteiger partial charge is 0.479 e. The van der Waals surface area contributed by atoms with Crippen LogP contribution in [-0.4, -0.2) is 23.0 Å². The number of rotatable bonds is 3. The fraction of sp³-hybridized carbons (Fsp3) is 0.333. The molecule has 56 valence electrons. The number of nitrogens with one attached hydrogen (secondary N) is 1. The highest BCUT2D eigenvalue weighted by Crippen LogP contribution is 1.83. The Bertz CT molecular complexity index is 164. The van der Waals surface area contributed by atoms with Crippen molar-refractivity contribution in [3.8, 4) is 0 Å². The third kappa shape index (κ3) is 2.86. The van der Waals surface area contributed by atoms with Gasteiger partial charge < -0.3 is 10.4 Å². The Labute approximate surface area is 58.5 Å². The maximum Gasteiger partial charge on any atom is 0.330 e. The van der Waals surface area contributed by atoms with Crippen molar-refractivity contribution in [3.63, 3.8) is 0 Å². The fourth-order valence-electron chi connectivity index (χ4n) is 0.440. The molecule has 0 aliphatic rings. The molecule has 4 nitrogen and oxygen atoms in total. The molecule has 1 atom stereocenters. The summed E-state index contributed by atoms with van der Waals surface area (Å²) in [5.74, 6) is -1.49. The van der Waals surface area contributed by atoms with Crippen molar-refractivity contribution >= 4 is 11.9 Å². The maximum absolute atomic E-state index is 10.3. The van der Waals surface area contributed by atoms with Crippen LogP contribution < -0.4 is 5.32 Å². The first-order chi connectivity index (χ1) is 4.57. The average Bonchev–Trinajstić information content (AvgIpc) is 1.81. The zero-order chi connectivity index (χ0) is 8.15. The Morgan fingerprint density at radius 3 is 2.30 bits per heavy atom. The SMILES string of the molecule is C=C[C@H](NC(C)=O)C(=O)O. The summed E-state index contributed by atoms with van der Waals surface area (Å²) in [5.41, 5.74) is 0. The van der Waals surface area contributed by atoms with Gasteiger partial charge in [0, 0.05) is 6.92 Å². The standard InChI is InChI=1S/C6H9NO3/c1-3-5(6(9)10)7-4(2)8/h3,5H,1H2,2H3,(H,7,8)(H,9,10)/t5-/m0/s1. The van der Waals surface area contributed by atoms with Crippen LogP contribution in [-0.2, 0) is 9.59 Å². The van der Waals surface area contributed by atoms with E-state index in [9.17, 15) is 9.59 Å². The van der Waals surface area contributed by atoms with Crippen molar-refractivity contribution in [1.82, 2.24) is 5.32 Å². The smallest absolute Gasteiger partial charge is 0.330 e. The zero-order valence-electron chi connectivity index (χ0n) is 5.63. The van der Waals surface area contributed by atoms with Gasteiger partial charge in [0.15, 0.2) is 0 Å². The van der Waals surface area contributed by atoms with Gasteiger partial charge in [-0.05, 0) is 0 Å². The minimum atomic E-state index is -1.11. The summed E-state index contributed by atoms with van der Waals surface area (Å²) in [6.45, 7) is 4.49. The molecule has 0 aliphatic heterocycles. The monoisotopic (exact) mass is 143 g/mol. The van der Waals surface area contributed by atoms with Crippen LogP contribution in [0.25, 0.3) is 0 Å². The molecule has 4 heteroatoms. The molecule has 0 heterocycles. The summed E-state index contributed by atoms with van der Waals surface area (Å²) in [4.78, 5) is 20.5. The molecule has 0 aliphatic carbocycles. The maximum atomic E-state index is 10.3. The normalized spacial score (nSPS) is 11.7. The van der Waals surface area contributed by atoms with E-state index in [-0.39, 0.29) is 5.91 Å². The number of carboxylic acids is 1. The van der Waals surface area contributed by atoms with Gasteiger partial charge in [0.25, 0.3) is 0 Å². The number of carbonyl (C=O) groups excluding carboxylic acids is 1. The first kappa shape index (κ1) is 8.68. The Hall–Kier alpha value is -1.32. The Balaban J connectivity index is 3.96. The van der Waals surface area contributed by atoms with Crippen LogP contribution in [0.4, 0.5) is 0 Å². The molecular formula is C6H9NO3. The summed E-state index contributed by atoms with van der Waals surface area (Å²) in [7, 11) is 0. The van der Waals surface area contributed by atoms with Gasteiger partial charge in [0.2, 0.25) is 5.91 Å². The van der Waals surface area contributed by atoms with E-state index in [4.69, 9.17) is 5.11 Å². The van der Waals surface area contributed by atoms with Crippen LogP contribution in [0.5, 0.6) is 0 Å². The van der Waals surface area contributed by atoms with Crippen LogP contribution >= 0.6 is 0 Å². The summed E-state index contributed by atoms with van der Waals surface area (Å²) >= 11 is 0. The van der Waals surface area contributed by atoms with Crippen molar-refractivity contribution in [2.75, 3.05) is 0 Å². The van der Waals surface area contributed by atoms with Crippen LogP contribution in [0.1, 0.15) is 6.92 Å². The highest BCUT2D eigenvalue weighted by atomic mass is 16.4. The van der Waals surface area contributed by atoms with Gasteiger partial charge in [0.1, 0.15) is 6.04 Å². The molecule has 0 aromatic rings. The van der Waals surface area contributed by atoms with Crippen molar-refractivity contribution < 1.29 is 14.7 Å².